The molecule has 1 aliphatic heterocycles. The maximum atomic E-state index is 13.2. The van der Waals surface area contributed by atoms with Gasteiger partial charge in [-0.2, -0.15) is 0 Å². The molecule has 6 rings (SSSR count). The summed E-state index contributed by atoms with van der Waals surface area (Å²) in [5.41, 5.74) is 0.0931. The van der Waals surface area contributed by atoms with Crippen LogP contribution in [0.15, 0.2) is 11.4 Å². The summed E-state index contributed by atoms with van der Waals surface area (Å²) in [7, 11) is -3.58. The van der Waals surface area contributed by atoms with Crippen LogP contribution in [0.3, 0.4) is 0 Å². The fraction of sp³-hybridized carbons (Fsp3) is 0.750. The Morgan fingerprint density at radius 3 is 2.59 bits per heavy atom. The number of aliphatic hydroxyl groups is 1. The molecule has 4 saturated carbocycles. The molecule has 2 N–H and O–H groups in total. The van der Waals surface area contributed by atoms with Crippen LogP contribution in [0.1, 0.15) is 67.1 Å². The average molecular weight is 422 g/mol. The molecule has 0 radical (unpaired) electrons. The van der Waals surface area contributed by atoms with Crippen LogP contribution < -0.4 is 5.32 Å². The summed E-state index contributed by atoms with van der Waals surface area (Å²) in [5.74, 6) is 0.862. The minimum atomic E-state index is -3.58. The third kappa shape index (κ3) is 3.47. The Balaban J connectivity index is 1.42. The van der Waals surface area contributed by atoms with E-state index < -0.39 is 21.5 Å². The van der Waals surface area contributed by atoms with Crippen molar-refractivity contribution in [3.63, 3.8) is 0 Å². The molecule has 158 valence electrons. The number of carbonyl (C=O) groups is 1. The molecule has 0 aromatic carbocycles. The number of aromatic nitrogens is 2. The first-order chi connectivity index (χ1) is 13.7. The van der Waals surface area contributed by atoms with E-state index in [2.05, 4.69) is 15.3 Å². The molecule has 9 heteroatoms. The van der Waals surface area contributed by atoms with Crippen LogP contribution in [-0.4, -0.2) is 53.9 Å². The Hall–Kier alpha value is -1.58. The van der Waals surface area contributed by atoms with Gasteiger partial charge in [0.05, 0.1) is 16.9 Å². The molecule has 3 atom stereocenters. The van der Waals surface area contributed by atoms with Crippen molar-refractivity contribution in [3.05, 3.63) is 17.5 Å². The molecular formula is C20H27N3O5S. The van der Waals surface area contributed by atoms with Crippen molar-refractivity contribution < 1.29 is 23.1 Å². The minimum absolute atomic E-state index is 0.0336. The molecule has 1 aromatic heterocycles. The fourth-order valence-corrected chi connectivity index (χ4v) is 6.72. The summed E-state index contributed by atoms with van der Waals surface area (Å²) < 4.78 is 29.5. The monoisotopic (exact) mass is 421 g/mol. The second-order valence-electron chi connectivity index (χ2n) is 9.42. The van der Waals surface area contributed by atoms with E-state index in [1.54, 1.807) is 0 Å². The van der Waals surface area contributed by atoms with E-state index in [0.29, 0.717) is 24.6 Å². The van der Waals surface area contributed by atoms with Crippen molar-refractivity contribution in [2.75, 3.05) is 12.9 Å². The second-order valence-corrected chi connectivity index (χ2v) is 11.3. The lowest BCUT2D eigenvalue weighted by atomic mass is 9.52. The Bertz CT molecular complexity index is 927. The smallest absolute Gasteiger partial charge is 0.255 e. The number of amides is 1. The predicted octanol–water partition coefficient (Wildman–Crippen LogP) is 1.40. The zero-order valence-electron chi connectivity index (χ0n) is 16.5. The Morgan fingerprint density at radius 2 is 2.00 bits per heavy atom. The third-order valence-electron chi connectivity index (χ3n) is 7.15. The highest BCUT2D eigenvalue weighted by molar-refractivity contribution is 7.90. The number of hydrogen-bond donors (Lipinski definition) is 2. The molecule has 5 fully saturated rings. The summed E-state index contributed by atoms with van der Waals surface area (Å²) in [4.78, 5) is 21.4. The number of hydrogen-bond acceptors (Lipinski definition) is 7. The second kappa shape index (κ2) is 6.72. The predicted molar refractivity (Wildman–Crippen MR) is 103 cm³/mol. The highest BCUT2D eigenvalue weighted by Crippen LogP contribution is 2.55. The van der Waals surface area contributed by atoms with Gasteiger partial charge in [-0.15, -0.1) is 0 Å². The summed E-state index contributed by atoms with van der Waals surface area (Å²) >= 11 is 0. The minimum Gasteiger partial charge on any atom is -0.390 e. The number of sulfone groups is 1. The Morgan fingerprint density at radius 1 is 1.28 bits per heavy atom. The molecule has 2 heterocycles. The summed E-state index contributed by atoms with van der Waals surface area (Å²) in [6.07, 6.45) is 8.00. The number of nitrogens with zero attached hydrogens (tertiary/aromatic N) is 2. The first kappa shape index (κ1) is 19.4. The van der Waals surface area contributed by atoms with E-state index in [1.165, 1.54) is 6.20 Å². The van der Waals surface area contributed by atoms with Gasteiger partial charge in [-0.1, -0.05) is 0 Å². The van der Waals surface area contributed by atoms with Crippen molar-refractivity contribution in [3.8, 4) is 0 Å². The van der Waals surface area contributed by atoms with Crippen LogP contribution >= 0.6 is 0 Å². The van der Waals surface area contributed by atoms with E-state index in [1.807, 2.05) is 0 Å². The topological polar surface area (TPSA) is 118 Å². The number of rotatable bonds is 4. The van der Waals surface area contributed by atoms with Crippen LogP contribution in [0.4, 0.5) is 0 Å². The van der Waals surface area contributed by atoms with Gasteiger partial charge in [0.25, 0.3) is 5.91 Å². The molecule has 1 saturated heterocycles. The molecule has 8 nitrogen and oxygen atoms in total. The molecule has 0 spiro atoms. The molecule has 2 unspecified atom stereocenters. The first-order valence-corrected chi connectivity index (χ1v) is 12.3. The maximum Gasteiger partial charge on any atom is 0.255 e. The van der Waals surface area contributed by atoms with Crippen LogP contribution in [0.25, 0.3) is 0 Å². The van der Waals surface area contributed by atoms with Crippen LogP contribution in [0, 0.1) is 17.8 Å². The molecular weight excluding hydrogens is 394 g/mol. The lowest BCUT2D eigenvalue weighted by Gasteiger charge is -2.58. The van der Waals surface area contributed by atoms with E-state index in [4.69, 9.17) is 4.74 Å². The van der Waals surface area contributed by atoms with E-state index >= 15 is 0 Å². The summed E-state index contributed by atoms with van der Waals surface area (Å²) in [6.45, 7) is 0.566. The number of ether oxygens (including phenoxy) is 1. The van der Waals surface area contributed by atoms with Gasteiger partial charge < -0.3 is 15.2 Å². The van der Waals surface area contributed by atoms with Crippen LogP contribution in [0.5, 0.6) is 0 Å². The van der Waals surface area contributed by atoms with Crippen molar-refractivity contribution in [2.24, 2.45) is 17.8 Å². The third-order valence-corrected chi connectivity index (χ3v) is 8.01. The lowest BCUT2D eigenvalue weighted by Crippen LogP contribution is -2.61. The molecule has 1 aromatic rings. The molecule has 4 bridgehead atoms. The van der Waals surface area contributed by atoms with Crippen molar-refractivity contribution >= 4 is 15.7 Å². The maximum absolute atomic E-state index is 13.2. The van der Waals surface area contributed by atoms with Gasteiger partial charge in [0.2, 0.25) is 15.0 Å². The standard InChI is InChI=1S/C20H27N3O5S/c1-29(26,27)19-21-10-14(17(23-19)15-3-2-4-28-15)18(24)22-16-12-5-11-6-13(16)9-20(25,7-11)8-12/h10-13,15-16,25H,2-9H2,1H3,(H,22,24)/t11?,12?,13?,15-,16?,20?/m1/s1. The summed E-state index contributed by atoms with van der Waals surface area (Å²) in [6, 6.07) is 0.0336. The van der Waals surface area contributed by atoms with Crippen LogP contribution in [-0.2, 0) is 14.6 Å². The number of carbonyl (C=O) groups excluding carboxylic acids is 1. The van der Waals surface area contributed by atoms with Gasteiger partial charge in [-0.3, -0.25) is 4.79 Å². The normalized spacial score (nSPS) is 38.3. The largest absolute Gasteiger partial charge is 0.390 e. The van der Waals surface area contributed by atoms with Crippen molar-refractivity contribution in [1.82, 2.24) is 15.3 Å². The number of nitrogens with one attached hydrogen (secondary N) is 1. The van der Waals surface area contributed by atoms with E-state index in [-0.39, 0.29) is 34.5 Å². The van der Waals surface area contributed by atoms with Gasteiger partial charge in [0, 0.05) is 25.1 Å². The van der Waals surface area contributed by atoms with Gasteiger partial charge >= 0.3 is 0 Å². The Labute approximate surface area is 170 Å². The highest BCUT2D eigenvalue weighted by atomic mass is 32.2. The zero-order chi connectivity index (χ0) is 20.4. The lowest BCUT2D eigenvalue weighted by molar-refractivity contribution is -0.136. The van der Waals surface area contributed by atoms with Crippen molar-refractivity contribution in [1.29, 1.82) is 0 Å². The quantitative estimate of drug-likeness (QED) is 0.706. The van der Waals surface area contributed by atoms with Crippen LogP contribution in [0.2, 0.25) is 0 Å². The van der Waals surface area contributed by atoms with Gasteiger partial charge in [-0.05, 0) is 62.7 Å². The molecule has 4 aliphatic carbocycles. The van der Waals surface area contributed by atoms with Gasteiger partial charge in [0.1, 0.15) is 6.10 Å². The zero-order valence-corrected chi connectivity index (χ0v) is 17.3. The van der Waals surface area contributed by atoms with Gasteiger partial charge in [-0.25, -0.2) is 18.4 Å². The van der Waals surface area contributed by atoms with Gasteiger partial charge in [0.15, 0.2) is 0 Å². The highest BCUT2D eigenvalue weighted by Gasteiger charge is 2.55. The first-order valence-electron chi connectivity index (χ1n) is 10.4. The Kier molecular flexibility index (Phi) is 4.49. The molecule has 5 aliphatic rings. The molecule has 29 heavy (non-hydrogen) atoms. The van der Waals surface area contributed by atoms with Crippen molar-refractivity contribution in [2.45, 2.75) is 67.8 Å². The average Bonchev–Trinajstić information content (AvgIpc) is 3.16. The fourth-order valence-electron chi connectivity index (χ4n) is 6.22. The molecule has 1 amide bonds. The SMILES string of the molecule is CS(=O)(=O)c1ncc(C(=O)NC2C3CC4CC2CC(O)(C4)C3)c([C@H]2CCCO2)n1. The summed E-state index contributed by atoms with van der Waals surface area (Å²) in [5, 5.41) is 13.7. The van der Waals surface area contributed by atoms with E-state index in [0.717, 1.165) is 44.8 Å². The van der Waals surface area contributed by atoms with E-state index in [9.17, 15) is 18.3 Å².